The summed E-state index contributed by atoms with van der Waals surface area (Å²) in [4.78, 5) is 0. The van der Waals surface area contributed by atoms with E-state index in [-0.39, 0.29) is 0 Å². The Kier molecular flexibility index (Phi) is 2.75. The van der Waals surface area contributed by atoms with Gasteiger partial charge >= 0.3 is 0 Å². The van der Waals surface area contributed by atoms with E-state index in [1.807, 2.05) is 0 Å². The summed E-state index contributed by atoms with van der Waals surface area (Å²) in [6.07, 6.45) is 3.09. The van der Waals surface area contributed by atoms with E-state index in [0.717, 1.165) is 0 Å². The second kappa shape index (κ2) is 3.46. The third kappa shape index (κ3) is 3.24. The molecule has 0 N–H and O–H groups in total. The van der Waals surface area contributed by atoms with Gasteiger partial charge in [-0.1, -0.05) is 15.8 Å². The van der Waals surface area contributed by atoms with Crippen molar-refractivity contribution in [1.29, 1.82) is 0 Å². The van der Waals surface area contributed by atoms with Crippen LogP contribution in [0.15, 0.2) is 24.3 Å². The van der Waals surface area contributed by atoms with Crippen LogP contribution < -0.4 is 4.18 Å². The molecule has 0 saturated carbocycles. The lowest BCUT2D eigenvalue weighted by Crippen LogP contribution is -2.13. The van der Waals surface area contributed by atoms with Crippen molar-refractivity contribution in [2.45, 2.75) is 0 Å². The van der Waals surface area contributed by atoms with Crippen molar-refractivity contribution in [3.8, 4) is 5.75 Å². The first kappa shape index (κ1) is 9.55. The molecule has 12 heavy (non-hydrogen) atoms. The van der Waals surface area contributed by atoms with Crippen molar-refractivity contribution < 1.29 is 8.39 Å². The Morgan fingerprint density at radius 1 is 1.25 bits per heavy atom. The number of benzene rings is 1. The van der Waals surface area contributed by atoms with Crippen molar-refractivity contribution >= 4 is 21.8 Å². The lowest BCUT2D eigenvalue weighted by molar-refractivity contribution is 0.511. The zero-order valence-electron chi connectivity index (χ0n) is 6.91. The molecule has 0 aliphatic rings. The molecule has 66 valence electrons. The van der Waals surface area contributed by atoms with E-state index in [2.05, 4.69) is 0 Å². The van der Waals surface area contributed by atoms with Gasteiger partial charge in [0.1, 0.15) is 12.5 Å². The van der Waals surface area contributed by atoms with Crippen molar-refractivity contribution in [3.63, 3.8) is 0 Å². The fourth-order valence-corrected chi connectivity index (χ4v) is 1.42. The molecule has 0 fully saturated rings. The average molecular weight is 206 g/mol. The SMILES string of the molecule is C[S+](C)(=O)Oc1ccc(Cl)cc1. The molecule has 1 aromatic carbocycles. The van der Waals surface area contributed by atoms with Gasteiger partial charge in [-0.05, 0) is 24.3 Å². The third-order valence-corrected chi connectivity index (χ3v) is 1.96. The van der Waals surface area contributed by atoms with E-state index in [1.54, 1.807) is 36.8 Å². The Morgan fingerprint density at radius 2 is 1.75 bits per heavy atom. The summed E-state index contributed by atoms with van der Waals surface area (Å²) in [6.45, 7) is 0. The molecule has 0 aliphatic heterocycles. The van der Waals surface area contributed by atoms with Gasteiger partial charge in [-0.2, -0.15) is 0 Å². The lowest BCUT2D eigenvalue weighted by atomic mass is 10.3. The Balaban J connectivity index is 2.78. The molecule has 0 unspecified atom stereocenters. The molecule has 4 heteroatoms. The maximum absolute atomic E-state index is 11.2. The molecule has 0 amide bonds. The third-order valence-electron chi connectivity index (χ3n) is 1.11. The number of hydrogen-bond donors (Lipinski definition) is 0. The summed E-state index contributed by atoms with van der Waals surface area (Å²) in [7, 11) is -2.18. The molecule has 0 aliphatic carbocycles. The molecule has 0 aromatic heterocycles. The summed E-state index contributed by atoms with van der Waals surface area (Å²) in [5.41, 5.74) is 0. The highest BCUT2D eigenvalue weighted by Gasteiger charge is 2.14. The predicted octanol–water partition coefficient (Wildman–Crippen LogP) is 2.39. The van der Waals surface area contributed by atoms with Crippen molar-refractivity contribution in [2.75, 3.05) is 12.5 Å². The lowest BCUT2D eigenvalue weighted by Gasteiger charge is -2.01. The van der Waals surface area contributed by atoms with Gasteiger partial charge in [0.2, 0.25) is 0 Å². The van der Waals surface area contributed by atoms with Crippen LogP contribution in [0, 0.1) is 0 Å². The van der Waals surface area contributed by atoms with E-state index < -0.39 is 10.2 Å². The number of hydrogen-bond acceptors (Lipinski definition) is 2. The smallest absolute Gasteiger partial charge is 0.253 e. The zero-order valence-corrected chi connectivity index (χ0v) is 8.48. The van der Waals surface area contributed by atoms with Gasteiger partial charge < -0.3 is 0 Å². The quantitative estimate of drug-likeness (QED) is 0.694. The molecule has 0 heterocycles. The van der Waals surface area contributed by atoms with Crippen LogP contribution in [0.3, 0.4) is 0 Å². The van der Waals surface area contributed by atoms with Gasteiger partial charge in [0, 0.05) is 5.02 Å². The van der Waals surface area contributed by atoms with Gasteiger partial charge in [-0.25, -0.2) is 0 Å². The largest absolute Gasteiger partial charge is 0.287 e. The van der Waals surface area contributed by atoms with E-state index in [1.165, 1.54) is 0 Å². The summed E-state index contributed by atoms with van der Waals surface area (Å²) in [6, 6.07) is 6.77. The van der Waals surface area contributed by atoms with Crippen molar-refractivity contribution in [1.82, 2.24) is 0 Å². The maximum atomic E-state index is 11.2. The van der Waals surface area contributed by atoms with Crippen LogP contribution in [0.25, 0.3) is 0 Å². The molecule has 0 bridgehead atoms. The highest BCUT2D eigenvalue weighted by Crippen LogP contribution is 2.17. The highest BCUT2D eigenvalue weighted by atomic mass is 35.5. The Bertz CT molecular complexity index is 301. The molecule has 0 saturated heterocycles. The molecule has 0 atom stereocenters. The highest BCUT2D eigenvalue weighted by molar-refractivity contribution is 7.97. The van der Waals surface area contributed by atoms with Gasteiger partial charge in [0.15, 0.2) is 5.75 Å². The summed E-state index contributed by atoms with van der Waals surface area (Å²) in [5.74, 6) is 0.578. The fourth-order valence-electron chi connectivity index (χ4n) is 0.722. The minimum Gasteiger partial charge on any atom is -0.287 e. The average Bonchev–Trinajstić information content (AvgIpc) is 1.91. The Morgan fingerprint density at radius 3 is 2.17 bits per heavy atom. The van der Waals surface area contributed by atoms with E-state index in [0.29, 0.717) is 10.8 Å². The summed E-state index contributed by atoms with van der Waals surface area (Å²) < 4.78 is 16.3. The fraction of sp³-hybridized carbons (Fsp3) is 0.250. The molecule has 0 radical (unpaired) electrons. The Hall–Kier alpha value is -0.540. The van der Waals surface area contributed by atoms with Crippen LogP contribution in [0.2, 0.25) is 5.02 Å². The Labute approximate surface area is 78.1 Å². The van der Waals surface area contributed by atoms with Gasteiger partial charge in [0.25, 0.3) is 10.2 Å². The van der Waals surface area contributed by atoms with E-state index in [4.69, 9.17) is 15.8 Å². The minimum absolute atomic E-state index is 0.578. The molecule has 2 nitrogen and oxygen atoms in total. The van der Waals surface area contributed by atoms with Crippen LogP contribution in [0.4, 0.5) is 0 Å². The maximum Gasteiger partial charge on any atom is 0.253 e. The van der Waals surface area contributed by atoms with Crippen molar-refractivity contribution in [3.05, 3.63) is 29.3 Å². The standard InChI is InChI=1S/C8H10ClO2S/c1-12(2,10)11-8-5-3-7(9)4-6-8/h3-6H,1-2H3/q+1. The second-order valence-corrected chi connectivity index (χ2v) is 5.57. The number of rotatable bonds is 2. The van der Waals surface area contributed by atoms with Gasteiger partial charge in [-0.15, -0.1) is 0 Å². The van der Waals surface area contributed by atoms with E-state index in [9.17, 15) is 4.21 Å². The molecular formula is C8H10ClO2S+. The molecular weight excluding hydrogens is 196 g/mol. The van der Waals surface area contributed by atoms with Crippen LogP contribution in [0.5, 0.6) is 5.75 Å². The van der Waals surface area contributed by atoms with Crippen LogP contribution in [0.1, 0.15) is 0 Å². The zero-order chi connectivity index (χ0) is 9.19. The first-order chi connectivity index (χ1) is 5.47. The van der Waals surface area contributed by atoms with Crippen LogP contribution >= 0.6 is 11.6 Å². The minimum atomic E-state index is -2.18. The van der Waals surface area contributed by atoms with Gasteiger partial charge in [-0.3, -0.25) is 4.18 Å². The molecule has 1 aromatic rings. The second-order valence-electron chi connectivity index (χ2n) is 2.68. The van der Waals surface area contributed by atoms with E-state index >= 15 is 0 Å². The van der Waals surface area contributed by atoms with Crippen LogP contribution in [-0.2, 0) is 14.4 Å². The van der Waals surface area contributed by atoms with Gasteiger partial charge in [0.05, 0.1) is 0 Å². The predicted molar refractivity (Wildman–Crippen MR) is 52.0 cm³/mol. The number of halogens is 1. The summed E-state index contributed by atoms with van der Waals surface area (Å²) in [5, 5.41) is 0.640. The molecule has 1 rings (SSSR count). The molecule has 0 spiro atoms. The first-order valence-corrected chi connectivity index (χ1v) is 6.04. The first-order valence-electron chi connectivity index (χ1n) is 3.36. The normalized spacial score (nSPS) is 11.2. The van der Waals surface area contributed by atoms with Crippen molar-refractivity contribution in [2.24, 2.45) is 0 Å². The monoisotopic (exact) mass is 205 g/mol. The summed E-state index contributed by atoms with van der Waals surface area (Å²) >= 11 is 5.66. The van der Waals surface area contributed by atoms with Crippen LogP contribution in [-0.4, -0.2) is 12.5 Å². The topological polar surface area (TPSA) is 26.3 Å².